The van der Waals surface area contributed by atoms with Crippen molar-refractivity contribution in [2.45, 2.75) is 49.3 Å². The zero-order chi connectivity index (χ0) is 31.6. The highest BCUT2D eigenvalue weighted by atomic mass is 32.2. The predicted octanol–water partition coefficient (Wildman–Crippen LogP) is 7.14. The average Bonchev–Trinajstić information content (AvgIpc) is 3.63. The van der Waals surface area contributed by atoms with E-state index in [0.29, 0.717) is 23.3 Å². The first-order valence-corrected chi connectivity index (χ1v) is 16.8. The Morgan fingerprint density at radius 2 is 1.48 bits per heavy atom. The highest BCUT2D eigenvalue weighted by Gasteiger charge is 2.36. The first-order chi connectivity index (χ1) is 22.5. The number of imide groups is 1. The van der Waals surface area contributed by atoms with Crippen LogP contribution in [0.1, 0.15) is 66.8 Å². The molecule has 1 aromatic heterocycles. The largest absolute Gasteiger partial charge is 0.392 e. The zero-order valence-electron chi connectivity index (χ0n) is 25.0. The zero-order valence-corrected chi connectivity index (χ0v) is 26.7. The van der Waals surface area contributed by atoms with Gasteiger partial charge in [0.2, 0.25) is 0 Å². The fourth-order valence-corrected chi connectivity index (χ4v) is 7.70. The minimum absolute atomic E-state index is 0.00809. The molecule has 2 aliphatic heterocycles. The molecule has 0 unspecified atom stereocenters. The molecule has 8 nitrogen and oxygen atoms in total. The number of benzene rings is 4. The van der Waals surface area contributed by atoms with Crippen molar-refractivity contribution in [3.63, 3.8) is 0 Å². The van der Waals surface area contributed by atoms with Gasteiger partial charge < -0.3 is 14.6 Å². The summed E-state index contributed by atoms with van der Waals surface area (Å²) in [6.07, 6.45) is -0.173. The molecule has 0 saturated carbocycles. The summed E-state index contributed by atoms with van der Waals surface area (Å²) < 4.78 is 13.9. The lowest BCUT2D eigenvalue weighted by Gasteiger charge is -2.36. The molecular formula is C36H31N3O5S2. The summed E-state index contributed by atoms with van der Waals surface area (Å²) in [6, 6.07) is 30.7. The van der Waals surface area contributed by atoms with Crippen molar-refractivity contribution >= 4 is 34.9 Å². The standard InChI is InChI=1S/C36H31N3O5S2/c1-22-37-38-36(46-22)45-21-28-18-32(25-12-10-23(20-40)11-13-25)44-35(43-28)26-16-14-24(15-17-26)29-7-3-2-6-27(29)19-39-33(41)30-8-4-5-9-31(30)34(39)42/h2-17,28,32,35,40H,18-21H2,1H3/t28-,32+,35+/m0/s1. The van der Waals surface area contributed by atoms with E-state index < -0.39 is 6.29 Å². The summed E-state index contributed by atoms with van der Waals surface area (Å²) in [4.78, 5) is 27.4. The molecule has 1 N–H and O–H groups in total. The van der Waals surface area contributed by atoms with Crippen LogP contribution < -0.4 is 0 Å². The first kappa shape index (κ1) is 30.5. The van der Waals surface area contributed by atoms with Crippen molar-refractivity contribution in [2.75, 3.05) is 5.75 Å². The second kappa shape index (κ2) is 13.3. The molecule has 1 fully saturated rings. The molecule has 232 valence electrons. The number of hydrogen-bond acceptors (Lipinski definition) is 9. The Morgan fingerprint density at radius 1 is 0.826 bits per heavy atom. The summed E-state index contributed by atoms with van der Waals surface area (Å²) in [5, 5.41) is 18.8. The van der Waals surface area contributed by atoms with E-state index in [9.17, 15) is 14.7 Å². The van der Waals surface area contributed by atoms with Crippen molar-refractivity contribution < 1.29 is 24.2 Å². The maximum atomic E-state index is 13.1. The number of rotatable bonds is 9. The van der Waals surface area contributed by atoms with Crippen LogP contribution >= 0.6 is 23.1 Å². The van der Waals surface area contributed by atoms with Crippen LogP contribution in [-0.4, -0.2) is 43.9 Å². The molecule has 2 amide bonds. The molecule has 0 aliphatic carbocycles. The maximum Gasteiger partial charge on any atom is 0.261 e. The Labute approximate surface area is 275 Å². The summed E-state index contributed by atoms with van der Waals surface area (Å²) in [5.74, 6) is 0.168. The quantitative estimate of drug-likeness (QED) is 0.133. The van der Waals surface area contributed by atoms with Crippen molar-refractivity contribution in [1.82, 2.24) is 15.1 Å². The Bertz CT molecular complexity index is 1840. The number of aliphatic hydroxyl groups is 1. The Hall–Kier alpha value is -4.19. The molecule has 3 atom stereocenters. The molecule has 7 rings (SSSR count). The lowest BCUT2D eigenvalue weighted by molar-refractivity contribution is -0.245. The normalized spacial score (nSPS) is 19.4. The molecular weight excluding hydrogens is 619 g/mol. The molecule has 0 spiro atoms. The Morgan fingerprint density at radius 3 is 2.13 bits per heavy atom. The smallest absolute Gasteiger partial charge is 0.261 e. The van der Waals surface area contributed by atoms with Crippen LogP contribution in [-0.2, 0) is 22.6 Å². The van der Waals surface area contributed by atoms with Crippen LogP contribution in [0.4, 0.5) is 0 Å². The fraction of sp³-hybridized carbons (Fsp3) is 0.222. The van der Waals surface area contributed by atoms with E-state index in [-0.39, 0.29) is 37.2 Å². The van der Waals surface area contributed by atoms with Gasteiger partial charge in [0.05, 0.1) is 36.5 Å². The maximum absolute atomic E-state index is 13.1. The van der Waals surface area contributed by atoms with Crippen molar-refractivity contribution in [2.24, 2.45) is 0 Å². The highest BCUT2D eigenvalue weighted by Crippen LogP contribution is 2.40. The molecule has 4 aromatic carbocycles. The van der Waals surface area contributed by atoms with Crippen LogP contribution in [0.3, 0.4) is 0 Å². The molecule has 0 bridgehead atoms. The minimum atomic E-state index is -0.583. The molecule has 46 heavy (non-hydrogen) atoms. The van der Waals surface area contributed by atoms with E-state index >= 15 is 0 Å². The van der Waals surface area contributed by atoms with Crippen molar-refractivity contribution in [3.05, 3.63) is 135 Å². The van der Waals surface area contributed by atoms with E-state index in [1.165, 1.54) is 4.90 Å². The summed E-state index contributed by atoms with van der Waals surface area (Å²) in [5.41, 5.74) is 6.45. The lowest BCUT2D eigenvalue weighted by Crippen LogP contribution is -2.31. The number of amides is 2. The number of aliphatic hydroxyl groups excluding tert-OH is 1. The van der Waals surface area contributed by atoms with Crippen LogP contribution in [0.15, 0.2) is 101 Å². The summed E-state index contributed by atoms with van der Waals surface area (Å²) in [7, 11) is 0. The van der Waals surface area contributed by atoms with Gasteiger partial charge in [-0.3, -0.25) is 14.5 Å². The molecule has 1 saturated heterocycles. The second-order valence-electron chi connectivity index (χ2n) is 11.3. The number of fused-ring (bicyclic) bond motifs is 1. The van der Waals surface area contributed by atoms with Gasteiger partial charge in [0, 0.05) is 17.7 Å². The Balaban J connectivity index is 1.11. The number of aromatic nitrogens is 2. The number of aryl methyl sites for hydroxylation is 1. The molecule has 3 heterocycles. The number of thioether (sulfide) groups is 1. The number of carbonyl (C=O) groups excluding carboxylic acids is 2. The highest BCUT2D eigenvalue weighted by molar-refractivity contribution is 8.01. The summed E-state index contributed by atoms with van der Waals surface area (Å²) >= 11 is 3.21. The van der Waals surface area contributed by atoms with Crippen molar-refractivity contribution in [1.29, 1.82) is 0 Å². The van der Waals surface area contributed by atoms with Crippen LogP contribution in [0.5, 0.6) is 0 Å². The third-order valence-electron chi connectivity index (χ3n) is 8.23. The molecule has 2 aliphatic rings. The number of nitrogens with zero attached hydrogens (tertiary/aromatic N) is 3. The van der Waals surface area contributed by atoms with Gasteiger partial charge in [-0.2, -0.15) is 0 Å². The van der Waals surface area contributed by atoms with Gasteiger partial charge in [0.15, 0.2) is 10.6 Å². The molecule has 5 aromatic rings. The van der Waals surface area contributed by atoms with Crippen LogP contribution in [0.2, 0.25) is 0 Å². The van der Waals surface area contributed by atoms with Gasteiger partial charge in [-0.25, -0.2) is 0 Å². The Kier molecular flexibility index (Phi) is 8.79. The second-order valence-corrected chi connectivity index (χ2v) is 13.7. The van der Waals surface area contributed by atoms with Gasteiger partial charge in [-0.1, -0.05) is 108 Å². The topological polar surface area (TPSA) is 102 Å². The van der Waals surface area contributed by atoms with E-state index in [1.54, 1.807) is 47.4 Å². The van der Waals surface area contributed by atoms with E-state index in [2.05, 4.69) is 10.2 Å². The van der Waals surface area contributed by atoms with Gasteiger partial charge >= 0.3 is 0 Å². The predicted molar refractivity (Wildman–Crippen MR) is 176 cm³/mol. The fourth-order valence-electron chi connectivity index (χ4n) is 5.84. The van der Waals surface area contributed by atoms with Gasteiger partial charge in [0.1, 0.15) is 5.01 Å². The third-order valence-corrected chi connectivity index (χ3v) is 10.3. The van der Waals surface area contributed by atoms with Gasteiger partial charge in [-0.05, 0) is 46.9 Å². The van der Waals surface area contributed by atoms with Crippen molar-refractivity contribution in [3.8, 4) is 11.1 Å². The van der Waals surface area contributed by atoms with Gasteiger partial charge in [0.25, 0.3) is 11.8 Å². The SMILES string of the molecule is Cc1nnc(SC[C@@H]2C[C@H](c3ccc(CO)cc3)O[C@H](c3ccc(-c4ccccc4CN4C(=O)c5ccccc5C4=O)cc3)O2)s1. The van der Waals surface area contributed by atoms with E-state index in [4.69, 9.17) is 9.47 Å². The number of carbonyl (C=O) groups is 2. The van der Waals surface area contributed by atoms with Crippen LogP contribution in [0, 0.1) is 6.92 Å². The number of ether oxygens (including phenoxy) is 2. The summed E-state index contributed by atoms with van der Waals surface area (Å²) in [6.45, 7) is 2.12. The number of hydrogen-bond donors (Lipinski definition) is 1. The third kappa shape index (κ3) is 6.27. The molecule has 10 heteroatoms. The monoisotopic (exact) mass is 649 g/mol. The minimum Gasteiger partial charge on any atom is -0.392 e. The van der Waals surface area contributed by atoms with Gasteiger partial charge in [-0.15, -0.1) is 10.2 Å². The van der Waals surface area contributed by atoms with E-state index in [0.717, 1.165) is 42.7 Å². The van der Waals surface area contributed by atoms with Crippen LogP contribution in [0.25, 0.3) is 11.1 Å². The lowest BCUT2D eigenvalue weighted by atomic mass is 9.97. The molecule has 0 radical (unpaired) electrons. The van der Waals surface area contributed by atoms with E-state index in [1.807, 2.05) is 79.7 Å². The average molecular weight is 650 g/mol. The first-order valence-electron chi connectivity index (χ1n) is 15.0.